The third kappa shape index (κ3) is 5.71. The number of aryl methyl sites for hydroxylation is 1. The molecule has 3 aromatic rings. The third-order valence-corrected chi connectivity index (χ3v) is 6.68. The highest BCUT2D eigenvalue weighted by Gasteiger charge is 2.23. The van der Waals surface area contributed by atoms with Crippen molar-refractivity contribution in [2.45, 2.75) is 20.0 Å². The first kappa shape index (κ1) is 23.2. The summed E-state index contributed by atoms with van der Waals surface area (Å²) in [6, 6.07) is 14.8. The molecule has 33 heavy (non-hydrogen) atoms. The number of amides is 1. The number of halogens is 1. The summed E-state index contributed by atoms with van der Waals surface area (Å²) in [5.74, 6) is -0.974. The summed E-state index contributed by atoms with van der Waals surface area (Å²) in [7, 11) is 0. The highest BCUT2D eigenvalue weighted by atomic mass is 35.5. The first-order valence-corrected chi connectivity index (χ1v) is 11.8. The molecular weight excluding hydrogens is 462 g/mol. The van der Waals surface area contributed by atoms with Crippen LogP contribution in [0.4, 0.5) is 11.4 Å². The van der Waals surface area contributed by atoms with Gasteiger partial charge in [-0.15, -0.1) is 11.3 Å². The average Bonchev–Trinajstić information content (AvgIpc) is 3.22. The number of esters is 1. The lowest BCUT2D eigenvalue weighted by Crippen LogP contribution is -2.36. The van der Waals surface area contributed by atoms with E-state index in [1.54, 1.807) is 26.0 Å². The number of ether oxygens (including phenoxy) is 2. The van der Waals surface area contributed by atoms with Crippen LogP contribution < -0.4 is 10.2 Å². The molecule has 0 bridgehead atoms. The zero-order chi connectivity index (χ0) is 23.4. The maximum absolute atomic E-state index is 12.7. The summed E-state index contributed by atoms with van der Waals surface area (Å²) >= 11 is 7.16. The van der Waals surface area contributed by atoms with E-state index < -0.39 is 18.0 Å². The minimum Gasteiger partial charge on any atom is -0.448 e. The number of carbonyl (C=O) groups is 2. The van der Waals surface area contributed by atoms with E-state index in [0.29, 0.717) is 39.5 Å². The molecule has 172 valence electrons. The Morgan fingerprint density at radius 3 is 2.45 bits per heavy atom. The van der Waals surface area contributed by atoms with Gasteiger partial charge in [0.25, 0.3) is 5.91 Å². The zero-order valence-electron chi connectivity index (χ0n) is 18.3. The van der Waals surface area contributed by atoms with E-state index in [2.05, 4.69) is 15.2 Å². The number of aromatic nitrogens is 1. The standard InChI is InChI=1S/C24H24ClN3O4S/c1-15-21(33-23(26-15)17-3-5-18(25)6-4-17)24(30)32-16(2)22(29)27-19-7-9-20(10-8-19)28-11-13-31-14-12-28/h3-10,16H,11-14H2,1-2H3,(H,27,29). The number of thiazole rings is 1. The van der Waals surface area contributed by atoms with Crippen molar-refractivity contribution in [2.24, 2.45) is 0 Å². The Morgan fingerprint density at radius 1 is 1.12 bits per heavy atom. The van der Waals surface area contributed by atoms with E-state index in [9.17, 15) is 9.59 Å². The van der Waals surface area contributed by atoms with Crippen LogP contribution in [0.2, 0.25) is 5.02 Å². The highest BCUT2D eigenvalue weighted by molar-refractivity contribution is 7.17. The number of hydrogen-bond acceptors (Lipinski definition) is 7. The van der Waals surface area contributed by atoms with E-state index in [1.807, 2.05) is 36.4 Å². The first-order valence-electron chi connectivity index (χ1n) is 10.6. The molecule has 1 aliphatic rings. The van der Waals surface area contributed by atoms with Crippen LogP contribution in [-0.4, -0.2) is 49.3 Å². The minimum absolute atomic E-state index is 0.370. The molecule has 4 rings (SSSR count). The van der Waals surface area contributed by atoms with Gasteiger partial charge >= 0.3 is 5.97 Å². The highest BCUT2D eigenvalue weighted by Crippen LogP contribution is 2.29. The molecule has 0 saturated carbocycles. The van der Waals surface area contributed by atoms with E-state index in [4.69, 9.17) is 21.1 Å². The first-order chi connectivity index (χ1) is 15.9. The van der Waals surface area contributed by atoms with Gasteiger partial charge in [-0.05, 0) is 50.2 Å². The molecule has 0 radical (unpaired) electrons. The summed E-state index contributed by atoms with van der Waals surface area (Å²) in [5, 5.41) is 4.11. The van der Waals surface area contributed by atoms with Crippen LogP contribution in [0.25, 0.3) is 10.6 Å². The van der Waals surface area contributed by atoms with Crippen molar-refractivity contribution >= 4 is 46.2 Å². The van der Waals surface area contributed by atoms with Crippen LogP contribution in [-0.2, 0) is 14.3 Å². The summed E-state index contributed by atoms with van der Waals surface area (Å²) in [5.41, 5.74) is 3.13. The Kier molecular flexibility index (Phi) is 7.27. The number of benzene rings is 2. The molecule has 9 heteroatoms. The number of rotatable bonds is 6. The van der Waals surface area contributed by atoms with Gasteiger partial charge in [-0.1, -0.05) is 23.7 Å². The number of hydrogen-bond donors (Lipinski definition) is 1. The minimum atomic E-state index is -0.961. The van der Waals surface area contributed by atoms with E-state index in [0.717, 1.165) is 24.3 Å². The molecule has 1 N–H and O–H groups in total. The van der Waals surface area contributed by atoms with Crippen molar-refractivity contribution in [3.8, 4) is 10.6 Å². The summed E-state index contributed by atoms with van der Waals surface area (Å²) in [4.78, 5) is 32.3. The third-order valence-electron chi connectivity index (χ3n) is 5.24. The topological polar surface area (TPSA) is 80.8 Å². The lowest BCUT2D eigenvalue weighted by molar-refractivity contribution is -0.123. The van der Waals surface area contributed by atoms with Gasteiger partial charge in [0.15, 0.2) is 6.10 Å². The molecule has 0 spiro atoms. The Morgan fingerprint density at radius 2 is 1.79 bits per heavy atom. The molecule has 7 nitrogen and oxygen atoms in total. The van der Waals surface area contributed by atoms with Crippen LogP contribution in [0, 0.1) is 6.92 Å². The molecule has 1 amide bonds. The molecule has 1 fully saturated rings. The van der Waals surface area contributed by atoms with Gasteiger partial charge in [-0.3, -0.25) is 4.79 Å². The van der Waals surface area contributed by atoms with E-state index in [-0.39, 0.29) is 0 Å². The molecule has 2 heterocycles. The van der Waals surface area contributed by atoms with Crippen LogP contribution in [0.15, 0.2) is 48.5 Å². The van der Waals surface area contributed by atoms with Gasteiger partial charge in [0, 0.05) is 35.1 Å². The van der Waals surface area contributed by atoms with Crippen LogP contribution in [0.3, 0.4) is 0 Å². The van der Waals surface area contributed by atoms with Crippen molar-refractivity contribution < 1.29 is 19.1 Å². The maximum atomic E-state index is 12.7. The Labute approximate surface area is 201 Å². The quantitative estimate of drug-likeness (QED) is 0.505. The SMILES string of the molecule is Cc1nc(-c2ccc(Cl)cc2)sc1C(=O)OC(C)C(=O)Nc1ccc(N2CCOCC2)cc1. The Bertz CT molecular complexity index is 1130. The maximum Gasteiger partial charge on any atom is 0.351 e. The van der Waals surface area contributed by atoms with E-state index >= 15 is 0 Å². The fourth-order valence-electron chi connectivity index (χ4n) is 3.39. The van der Waals surface area contributed by atoms with Gasteiger partial charge in [0.2, 0.25) is 0 Å². The fourth-order valence-corrected chi connectivity index (χ4v) is 4.47. The van der Waals surface area contributed by atoms with Crippen LogP contribution in [0.5, 0.6) is 0 Å². The Hall–Kier alpha value is -2.94. The molecule has 1 saturated heterocycles. The van der Waals surface area contributed by atoms with Gasteiger partial charge < -0.3 is 19.7 Å². The van der Waals surface area contributed by atoms with Crippen molar-refractivity contribution in [2.75, 3.05) is 36.5 Å². The summed E-state index contributed by atoms with van der Waals surface area (Å²) in [6.45, 7) is 6.40. The fraction of sp³-hybridized carbons (Fsp3) is 0.292. The Balaban J connectivity index is 1.35. The predicted octanol–water partition coefficient (Wildman–Crippen LogP) is 4.79. The molecule has 1 aromatic heterocycles. The van der Waals surface area contributed by atoms with E-state index in [1.165, 1.54) is 11.3 Å². The van der Waals surface area contributed by atoms with Gasteiger partial charge in [-0.2, -0.15) is 0 Å². The largest absolute Gasteiger partial charge is 0.448 e. The zero-order valence-corrected chi connectivity index (χ0v) is 19.9. The van der Waals surface area contributed by atoms with Gasteiger partial charge in [-0.25, -0.2) is 9.78 Å². The number of carbonyl (C=O) groups excluding carboxylic acids is 2. The molecular formula is C24H24ClN3O4S. The predicted molar refractivity (Wildman–Crippen MR) is 130 cm³/mol. The summed E-state index contributed by atoms with van der Waals surface area (Å²) in [6.07, 6.45) is -0.961. The lowest BCUT2D eigenvalue weighted by atomic mass is 10.2. The van der Waals surface area contributed by atoms with Gasteiger partial charge in [0.1, 0.15) is 9.88 Å². The van der Waals surface area contributed by atoms with Crippen molar-refractivity contribution in [3.63, 3.8) is 0 Å². The van der Waals surface area contributed by atoms with Crippen LogP contribution >= 0.6 is 22.9 Å². The normalized spacial score (nSPS) is 14.6. The molecule has 1 unspecified atom stereocenters. The van der Waals surface area contributed by atoms with Crippen LogP contribution in [0.1, 0.15) is 22.3 Å². The van der Waals surface area contributed by atoms with Crippen molar-refractivity contribution in [1.82, 2.24) is 4.98 Å². The number of nitrogens with one attached hydrogen (secondary N) is 1. The lowest BCUT2D eigenvalue weighted by Gasteiger charge is -2.28. The summed E-state index contributed by atoms with van der Waals surface area (Å²) < 4.78 is 10.8. The smallest absolute Gasteiger partial charge is 0.351 e. The van der Waals surface area contributed by atoms with Crippen molar-refractivity contribution in [3.05, 3.63) is 64.1 Å². The van der Waals surface area contributed by atoms with Crippen molar-refractivity contribution in [1.29, 1.82) is 0 Å². The number of anilines is 2. The second kappa shape index (κ2) is 10.3. The molecule has 1 aliphatic heterocycles. The number of morpholine rings is 1. The molecule has 0 aliphatic carbocycles. The molecule has 2 aromatic carbocycles. The number of nitrogens with zero attached hydrogens (tertiary/aromatic N) is 2. The monoisotopic (exact) mass is 485 g/mol. The second-order valence-electron chi connectivity index (χ2n) is 7.62. The van der Waals surface area contributed by atoms with Gasteiger partial charge in [0.05, 0.1) is 18.9 Å². The average molecular weight is 486 g/mol. The molecule has 1 atom stereocenters. The second-order valence-corrected chi connectivity index (χ2v) is 9.06.